The van der Waals surface area contributed by atoms with Crippen LogP contribution in [-0.2, 0) is 0 Å². The molecule has 1 heteroatoms. The Morgan fingerprint density at radius 2 is 1.57 bits per heavy atom. The van der Waals surface area contributed by atoms with Crippen LogP contribution in [0.3, 0.4) is 0 Å². The third-order valence-corrected chi connectivity index (χ3v) is 2.65. The molecule has 0 rings (SSSR count). The SMILES string of the molecule is CCCCCCCCC=C=CCCBr. The van der Waals surface area contributed by atoms with Crippen molar-refractivity contribution in [1.82, 2.24) is 0 Å². The summed E-state index contributed by atoms with van der Waals surface area (Å²) in [6, 6.07) is 0. The lowest BCUT2D eigenvalue weighted by Gasteiger charge is -1.96. The van der Waals surface area contributed by atoms with Crippen LogP contribution in [0.1, 0.15) is 58.3 Å². The van der Waals surface area contributed by atoms with Gasteiger partial charge in [0.1, 0.15) is 0 Å². The van der Waals surface area contributed by atoms with Gasteiger partial charge in [-0.25, -0.2) is 0 Å². The molecule has 0 aromatic carbocycles. The minimum absolute atomic E-state index is 1.05. The molecular formula is C13H23Br. The Balaban J connectivity index is 3.08. The third-order valence-electron chi connectivity index (χ3n) is 2.19. The Kier molecular flexibility index (Phi) is 13.0. The van der Waals surface area contributed by atoms with Gasteiger partial charge >= 0.3 is 0 Å². The first-order chi connectivity index (χ1) is 6.91. The minimum Gasteiger partial charge on any atom is -0.130 e. The van der Waals surface area contributed by atoms with Crippen molar-refractivity contribution in [2.75, 3.05) is 5.33 Å². The molecular weight excluding hydrogens is 236 g/mol. The molecule has 0 nitrogen and oxygen atoms in total. The van der Waals surface area contributed by atoms with Crippen molar-refractivity contribution in [2.24, 2.45) is 0 Å². The highest BCUT2D eigenvalue weighted by atomic mass is 79.9. The van der Waals surface area contributed by atoms with E-state index >= 15 is 0 Å². The number of rotatable bonds is 9. The molecule has 0 radical (unpaired) electrons. The van der Waals surface area contributed by atoms with Gasteiger partial charge < -0.3 is 0 Å². The minimum atomic E-state index is 1.05. The average Bonchev–Trinajstić information content (AvgIpc) is 2.21. The van der Waals surface area contributed by atoms with Crippen LogP contribution in [0.4, 0.5) is 0 Å². The van der Waals surface area contributed by atoms with Gasteiger partial charge in [0.05, 0.1) is 0 Å². The highest BCUT2D eigenvalue weighted by Crippen LogP contribution is 2.06. The van der Waals surface area contributed by atoms with E-state index in [1.165, 1.54) is 44.9 Å². The summed E-state index contributed by atoms with van der Waals surface area (Å²) in [5, 5.41) is 1.05. The molecule has 0 spiro atoms. The van der Waals surface area contributed by atoms with E-state index in [1.54, 1.807) is 0 Å². The second-order valence-corrected chi connectivity index (χ2v) is 4.40. The van der Waals surface area contributed by atoms with Crippen molar-refractivity contribution in [3.05, 3.63) is 17.9 Å². The standard InChI is InChI=1S/C13H23Br/c1-2-3-4-5-6-7-8-9-10-11-12-13-14/h9,11H,2-8,12-13H2,1H3. The lowest BCUT2D eigenvalue weighted by Crippen LogP contribution is -1.77. The summed E-state index contributed by atoms with van der Waals surface area (Å²) in [7, 11) is 0. The van der Waals surface area contributed by atoms with Gasteiger partial charge in [0.2, 0.25) is 0 Å². The van der Waals surface area contributed by atoms with Crippen molar-refractivity contribution < 1.29 is 0 Å². The van der Waals surface area contributed by atoms with Crippen LogP contribution in [0.2, 0.25) is 0 Å². The number of allylic oxidation sites excluding steroid dienone is 1. The first-order valence-electron chi connectivity index (χ1n) is 5.87. The highest BCUT2D eigenvalue weighted by molar-refractivity contribution is 9.09. The maximum absolute atomic E-state index is 3.38. The number of halogens is 1. The molecule has 0 aromatic heterocycles. The van der Waals surface area contributed by atoms with Gasteiger partial charge in [0, 0.05) is 5.33 Å². The molecule has 0 saturated heterocycles. The summed E-state index contributed by atoms with van der Waals surface area (Å²) >= 11 is 3.38. The largest absolute Gasteiger partial charge is 0.130 e. The molecule has 0 saturated carbocycles. The molecule has 0 aliphatic rings. The summed E-state index contributed by atoms with van der Waals surface area (Å²) in [4.78, 5) is 0. The number of hydrogen-bond acceptors (Lipinski definition) is 0. The van der Waals surface area contributed by atoms with E-state index in [0.717, 1.165) is 11.8 Å². The van der Waals surface area contributed by atoms with Crippen molar-refractivity contribution in [3.8, 4) is 0 Å². The lowest BCUT2D eigenvalue weighted by molar-refractivity contribution is 0.611. The second kappa shape index (κ2) is 13.0. The van der Waals surface area contributed by atoms with Crippen LogP contribution in [-0.4, -0.2) is 5.33 Å². The zero-order valence-electron chi connectivity index (χ0n) is 9.40. The number of hydrogen-bond donors (Lipinski definition) is 0. The normalized spacial score (nSPS) is 9.57. The van der Waals surface area contributed by atoms with Gasteiger partial charge in [-0.05, 0) is 31.4 Å². The van der Waals surface area contributed by atoms with Crippen LogP contribution in [0.15, 0.2) is 17.9 Å². The molecule has 0 aliphatic heterocycles. The lowest BCUT2D eigenvalue weighted by atomic mass is 10.1. The van der Waals surface area contributed by atoms with Gasteiger partial charge in [0.15, 0.2) is 0 Å². The molecule has 0 unspecified atom stereocenters. The van der Waals surface area contributed by atoms with Crippen molar-refractivity contribution >= 4 is 15.9 Å². The molecule has 0 fully saturated rings. The second-order valence-electron chi connectivity index (χ2n) is 3.61. The van der Waals surface area contributed by atoms with Gasteiger partial charge in [-0.2, -0.15) is 0 Å². The zero-order valence-corrected chi connectivity index (χ0v) is 11.0. The summed E-state index contributed by atoms with van der Waals surface area (Å²) in [6.45, 7) is 2.26. The van der Waals surface area contributed by atoms with E-state index in [1.807, 2.05) is 0 Å². The van der Waals surface area contributed by atoms with Crippen molar-refractivity contribution in [1.29, 1.82) is 0 Å². The van der Waals surface area contributed by atoms with Crippen molar-refractivity contribution in [2.45, 2.75) is 58.3 Å². The smallest absolute Gasteiger partial charge is 0.00719 e. The fraction of sp³-hybridized carbons (Fsp3) is 0.769. The van der Waals surface area contributed by atoms with Crippen LogP contribution >= 0.6 is 15.9 Å². The summed E-state index contributed by atoms with van der Waals surface area (Å²) in [6.07, 6.45) is 14.9. The molecule has 0 atom stereocenters. The number of unbranched alkanes of at least 4 members (excludes halogenated alkanes) is 6. The van der Waals surface area contributed by atoms with E-state index in [9.17, 15) is 0 Å². The van der Waals surface area contributed by atoms with Crippen LogP contribution in [0.25, 0.3) is 0 Å². The first kappa shape index (κ1) is 14.0. The van der Waals surface area contributed by atoms with Gasteiger partial charge in [-0.3, -0.25) is 0 Å². The number of alkyl halides is 1. The maximum Gasteiger partial charge on any atom is 0.00719 e. The Bertz CT molecular complexity index is 155. The van der Waals surface area contributed by atoms with Crippen LogP contribution < -0.4 is 0 Å². The van der Waals surface area contributed by atoms with E-state index in [4.69, 9.17) is 0 Å². The molecule has 0 aliphatic carbocycles. The Labute approximate surface area is 97.6 Å². The van der Waals surface area contributed by atoms with Gasteiger partial charge in [0.25, 0.3) is 0 Å². The highest BCUT2D eigenvalue weighted by Gasteiger charge is 1.87. The topological polar surface area (TPSA) is 0 Å². The van der Waals surface area contributed by atoms with Crippen molar-refractivity contribution in [3.63, 3.8) is 0 Å². The fourth-order valence-corrected chi connectivity index (χ4v) is 1.56. The Morgan fingerprint density at radius 1 is 0.929 bits per heavy atom. The maximum atomic E-state index is 3.38. The van der Waals surface area contributed by atoms with E-state index in [2.05, 4.69) is 40.7 Å². The zero-order chi connectivity index (χ0) is 10.5. The third kappa shape index (κ3) is 12.0. The molecule has 0 heterocycles. The molecule has 0 aromatic rings. The monoisotopic (exact) mass is 258 g/mol. The van der Waals surface area contributed by atoms with Crippen LogP contribution in [0, 0.1) is 0 Å². The molecule has 0 amide bonds. The summed E-state index contributed by atoms with van der Waals surface area (Å²) in [5.74, 6) is 0. The van der Waals surface area contributed by atoms with E-state index < -0.39 is 0 Å². The predicted molar refractivity (Wildman–Crippen MR) is 69.1 cm³/mol. The average molecular weight is 259 g/mol. The summed E-state index contributed by atoms with van der Waals surface area (Å²) < 4.78 is 0. The molecule has 0 N–H and O–H groups in total. The Hall–Kier alpha value is 0. The Morgan fingerprint density at radius 3 is 2.29 bits per heavy atom. The van der Waals surface area contributed by atoms with Gasteiger partial charge in [-0.15, -0.1) is 5.73 Å². The quantitative estimate of drug-likeness (QED) is 0.302. The molecule has 14 heavy (non-hydrogen) atoms. The van der Waals surface area contributed by atoms with Crippen LogP contribution in [0.5, 0.6) is 0 Å². The predicted octanol–water partition coefficient (Wildman–Crippen LogP) is 5.23. The molecule has 0 bridgehead atoms. The first-order valence-corrected chi connectivity index (χ1v) is 6.99. The molecule has 82 valence electrons. The fourth-order valence-electron chi connectivity index (χ4n) is 1.33. The van der Waals surface area contributed by atoms with E-state index in [-0.39, 0.29) is 0 Å². The van der Waals surface area contributed by atoms with Gasteiger partial charge in [-0.1, -0.05) is 55.0 Å². The van der Waals surface area contributed by atoms with E-state index in [0.29, 0.717) is 0 Å². The summed E-state index contributed by atoms with van der Waals surface area (Å²) in [5.41, 5.74) is 3.21.